The Balaban J connectivity index is 2.07. The Morgan fingerprint density at radius 1 is 1.24 bits per heavy atom. The number of alkyl halides is 5. The van der Waals surface area contributed by atoms with Crippen molar-refractivity contribution in [1.82, 2.24) is 0 Å². The topological polar surface area (TPSA) is 0 Å². The minimum Gasteiger partial charge on any atom is -0.166 e. The van der Waals surface area contributed by atoms with Crippen LogP contribution in [0.4, 0.5) is 13.2 Å². The Hall–Kier alpha value is -0.0600. The van der Waals surface area contributed by atoms with Gasteiger partial charge in [-0.3, -0.25) is 0 Å². The maximum absolute atomic E-state index is 12.5. The zero-order valence-corrected chi connectivity index (χ0v) is 10.7. The molecule has 2 rings (SSSR count). The molecule has 1 aromatic rings. The lowest BCUT2D eigenvalue weighted by atomic mass is 10.0. The van der Waals surface area contributed by atoms with E-state index >= 15 is 0 Å². The monoisotopic (exact) mass is 299 g/mol. The van der Waals surface area contributed by atoms with Crippen molar-refractivity contribution in [3.63, 3.8) is 0 Å². The largest absolute Gasteiger partial charge is 0.416 e. The van der Waals surface area contributed by atoms with Crippen molar-refractivity contribution in [1.29, 1.82) is 0 Å². The van der Waals surface area contributed by atoms with E-state index < -0.39 is 11.7 Å². The smallest absolute Gasteiger partial charge is 0.166 e. The number of thioether (sulfide) groups is 1. The number of rotatable bonds is 2. The molecule has 0 aliphatic carbocycles. The van der Waals surface area contributed by atoms with Crippen molar-refractivity contribution in [3.8, 4) is 0 Å². The van der Waals surface area contributed by atoms with Crippen LogP contribution < -0.4 is 0 Å². The summed E-state index contributed by atoms with van der Waals surface area (Å²) in [7, 11) is 0. The second-order valence-corrected chi connectivity index (χ2v) is 6.24. The minimum absolute atomic E-state index is 0.0253. The van der Waals surface area contributed by atoms with Crippen molar-refractivity contribution in [2.24, 2.45) is 0 Å². The van der Waals surface area contributed by atoms with Gasteiger partial charge in [0.25, 0.3) is 0 Å². The predicted molar refractivity (Wildman–Crippen MR) is 65.5 cm³/mol. The van der Waals surface area contributed by atoms with Gasteiger partial charge in [0.1, 0.15) is 0 Å². The molecule has 0 spiro atoms. The summed E-state index contributed by atoms with van der Waals surface area (Å²) in [5.74, 6) is 0. The molecule has 6 heteroatoms. The molecule has 0 bridgehead atoms. The Bertz CT molecular complexity index is 408. The van der Waals surface area contributed by atoms with Crippen LogP contribution in [0.25, 0.3) is 0 Å². The van der Waals surface area contributed by atoms with Crippen molar-refractivity contribution >= 4 is 35.0 Å². The molecule has 1 aliphatic heterocycles. The SMILES string of the molecule is FC(F)(F)c1cccc([CH]C2SC(Cl)C2Cl)c1. The number of hydrogen-bond donors (Lipinski definition) is 0. The van der Waals surface area contributed by atoms with Crippen molar-refractivity contribution in [3.05, 3.63) is 41.8 Å². The first-order valence-corrected chi connectivity index (χ1v) is 6.65. The Kier molecular flexibility index (Phi) is 3.86. The molecular weight excluding hydrogens is 292 g/mol. The quantitative estimate of drug-likeness (QED) is 0.722. The Morgan fingerprint density at radius 2 is 1.94 bits per heavy atom. The summed E-state index contributed by atoms with van der Waals surface area (Å²) in [5, 5.41) is -0.251. The lowest BCUT2D eigenvalue weighted by Gasteiger charge is -2.36. The first-order chi connectivity index (χ1) is 7.88. The van der Waals surface area contributed by atoms with Gasteiger partial charge in [0.05, 0.1) is 15.6 Å². The summed E-state index contributed by atoms with van der Waals surface area (Å²) in [6.45, 7) is 0. The summed E-state index contributed by atoms with van der Waals surface area (Å²) >= 11 is 13.2. The Morgan fingerprint density at radius 3 is 2.47 bits per heavy atom. The van der Waals surface area contributed by atoms with Crippen LogP contribution in [-0.2, 0) is 6.18 Å². The summed E-state index contributed by atoms with van der Waals surface area (Å²) in [6.07, 6.45) is -2.59. The average molecular weight is 300 g/mol. The van der Waals surface area contributed by atoms with Gasteiger partial charge in [0.15, 0.2) is 0 Å². The fourth-order valence-corrected chi connectivity index (χ4v) is 3.42. The van der Waals surface area contributed by atoms with Gasteiger partial charge in [-0.2, -0.15) is 13.2 Å². The highest BCUT2D eigenvalue weighted by atomic mass is 35.5. The van der Waals surface area contributed by atoms with Gasteiger partial charge in [0, 0.05) is 11.7 Å². The predicted octanol–water partition coefficient (Wildman–Crippen LogP) is 4.55. The second-order valence-electron chi connectivity index (χ2n) is 3.69. The van der Waals surface area contributed by atoms with E-state index in [0.717, 1.165) is 12.1 Å². The Labute approximate surface area is 111 Å². The van der Waals surface area contributed by atoms with Crippen molar-refractivity contribution in [2.45, 2.75) is 21.5 Å². The molecule has 1 heterocycles. The first kappa shape index (κ1) is 13.4. The first-order valence-electron chi connectivity index (χ1n) is 4.83. The summed E-state index contributed by atoms with van der Waals surface area (Å²) in [6, 6.07) is 5.18. The third-order valence-electron chi connectivity index (χ3n) is 2.42. The molecule has 3 unspecified atom stereocenters. The lowest BCUT2D eigenvalue weighted by molar-refractivity contribution is -0.137. The molecule has 0 nitrogen and oxygen atoms in total. The number of benzene rings is 1. The van der Waals surface area contributed by atoms with Crippen molar-refractivity contribution in [2.75, 3.05) is 0 Å². The van der Waals surface area contributed by atoms with Crippen LogP contribution in [0.2, 0.25) is 0 Å². The van der Waals surface area contributed by atoms with E-state index in [1.54, 1.807) is 12.5 Å². The van der Waals surface area contributed by atoms with Gasteiger partial charge in [0.2, 0.25) is 0 Å². The van der Waals surface area contributed by atoms with E-state index in [-0.39, 0.29) is 15.3 Å². The third kappa shape index (κ3) is 3.04. The van der Waals surface area contributed by atoms with E-state index in [1.807, 2.05) is 0 Å². The molecule has 93 valence electrons. The molecule has 0 saturated carbocycles. The molecule has 17 heavy (non-hydrogen) atoms. The fraction of sp³-hybridized carbons (Fsp3) is 0.364. The highest BCUT2D eigenvalue weighted by Crippen LogP contribution is 2.45. The zero-order chi connectivity index (χ0) is 12.6. The molecule has 1 aliphatic rings. The molecule has 1 saturated heterocycles. The van der Waals surface area contributed by atoms with E-state index in [1.165, 1.54) is 17.8 Å². The van der Waals surface area contributed by atoms with Gasteiger partial charge in [-0.05, 0) is 11.6 Å². The zero-order valence-electron chi connectivity index (χ0n) is 8.42. The van der Waals surface area contributed by atoms with E-state index in [4.69, 9.17) is 23.2 Å². The van der Waals surface area contributed by atoms with E-state index in [2.05, 4.69) is 0 Å². The van der Waals surface area contributed by atoms with Crippen LogP contribution in [0.3, 0.4) is 0 Å². The second kappa shape index (κ2) is 4.90. The molecule has 1 fully saturated rings. The third-order valence-corrected chi connectivity index (χ3v) is 5.25. The lowest BCUT2D eigenvalue weighted by Crippen LogP contribution is -2.38. The van der Waals surface area contributed by atoms with Gasteiger partial charge < -0.3 is 0 Å². The van der Waals surface area contributed by atoms with Crippen LogP contribution in [0.5, 0.6) is 0 Å². The normalized spacial score (nSPS) is 28.9. The average Bonchev–Trinajstić information content (AvgIpc) is 2.27. The van der Waals surface area contributed by atoms with Gasteiger partial charge in [-0.15, -0.1) is 35.0 Å². The van der Waals surface area contributed by atoms with E-state index in [9.17, 15) is 13.2 Å². The van der Waals surface area contributed by atoms with Gasteiger partial charge in [-0.1, -0.05) is 18.2 Å². The fourth-order valence-electron chi connectivity index (χ4n) is 1.50. The van der Waals surface area contributed by atoms with Gasteiger partial charge in [-0.25, -0.2) is 0 Å². The van der Waals surface area contributed by atoms with Gasteiger partial charge >= 0.3 is 6.18 Å². The molecule has 0 N–H and O–H groups in total. The van der Waals surface area contributed by atoms with Crippen LogP contribution in [0.1, 0.15) is 11.1 Å². The summed E-state index contributed by atoms with van der Waals surface area (Å²) < 4.78 is 37.3. The van der Waals surface area contributed by atoms with Crippen LogP contribution >= 0.6 is 35.0 Å². The highest BCUT2D eigenvalue weighted by molar-refractivity contribution is 8.03. The molecule has 1 radical (unpaired) electrons. The minimum atomic E-state index is -4.31. The number of hydrogen-bond acceptors (Lipinski definition) is 1. The number of halogens is 5. The maximum atomic E-state index is 12.5. The van der Waals surface area contributed by atoms with Crippen LogP contribution in [-0.4, -0.2) is 15.3 Å². The molecule has 0 amide bonds. The standard InChI is InChI=1S/C11H8Cl2F3S/c12-9-8(17-10(9)13)5-6-2-1-3-7(4-6)11(14,15)16/h1-5,8-10H. The molecular formula is C11H8Cl2F3S. The van der Waals surface area contributed by atoms with E-state index in [0.29, 0.717) is 5.56 Å². The molecule has 0 aromatic heterocycles. The summed E-state index contributed by atoms with van der Waals surface area (Å²) in [4.78, 5) is 0. The molecule has 1 aromatic carbocycles. The van der Waals surface area contributed by atoms with Crippen molar-refractivity contribution < 1.29 is 13.2 Å². The maximum Gasteiger partial charge on any atom is 0.416 e. The van der Waals surface area contributed by atoms with Crippen LogP contribution in [0, 0.1) is 6.42 Å². The summed E-state index contributed by atoms with van der Waals surface area (Å²) in [5.41, 5.74) is -0.129. The van der Waals surface area contributed by atoms with Crippen LogP contribution in [0.15, 0.2) is 24.3 Å². The highest BCUT2D eigenvalue weighted by Gasteiger charge is 2.39. The molecule has 3 atom stereocenters.